The lowest BCUT2D eigenvalue weighted by molar-refractivity contribution is 0.102. The van der Waals surface area contributed by atoms with Crippen LogP contribution < -0.4 is 0 Å². The van der Waals surface area contributed by atoms with Crippen molar-refractivity contribution in [3.8, 4) is 17.1 Å². The molecule has 0 aliphatic heterocycles. The summed E-state index contributed by atoms with van der Waals surface area (Å²) in [4.78, 5) is 12.7. The van der Waals surface area contributed by atoms with Crippen molar-refractivity contribution in [1.82, 2.24) is 14.8 Å². The van der Waals surface area contributed by atoms with Crippen LogP contribution in [-0.2, 0) is 0 Å². The number of nitrogens with zero attached hydrogens (tertiary/aromatic N) is 3. The van der Waals surface area contributed by atoms with Crippen molar-refractivity contribution in [2.45, 2.75) is 5.16 Å². The van der Waals surface area contributed by atoms with Gasteiger partial charge in [0, 0.05) is 21.3 Å². The normalized spacial score (nSPS) is 10.8. The summed E-state index contributed by atoms with van der Waals surface area (Å²) in [6, 6.07) is 23.1. The molecule has 0 bridgehead atoms. The van der Waals surface area contributed by atoms with Gasteiger partial charge in [-0.2, -0.15) is 0 Å². The number of benzene rings is 3. The molecular formula is C22H15BrFN3OS. The van der Waals surface area contributed by atoms with Gasteiger partial charge in [-0.3, -0.25) is 9.36 Å². The summed E-state index contributed by atoms with van der Waals surface area (Å²) in [5.74, 6) is 0.491. The van der Waals surface area contributed by atoms with E-state index in [1.807, 2.05) is 53.1 Å². The maximum Gasteiger partial charge on any atom is 0.196 e. The van der Waals surface area contributed by atoms with Crippen LogP contribution in [-0.4, -0.2) is 26.3 Å². The highest BCUT2D eigenvalue weighted by molar-refractivity contribution is 9.10. The molecule has 1 aromatic heterocycles. The van der Waals surface area contributed by atoms with Crippen LogP contribution in [0.1, 0.15) is 10.4 Å². The van der Waals surface area contributed by atoms with Gasteiger partial charge in [-0.15, -0.1) is 10.2 Å². The molecular weight excluding hydrogens is 453 g/mol. The molecule has 29 heavy (non-hydrogen) atoms. The summed E-state index contributed by atoms with van der Waals surface area (Å²) < 4.78 is 16.0. The van der Waals surface area contributed by atoms with E-state index in [2.05, 4.69) is 26.1 Å². The minimum absolute atomic E-state index is 0.00609. The fraction of sp³-hybridized carbons (Fsp3) is 0.0455. The van der Waals surface area contributed by atoms with E-state index < -0.39 is 0 Å². The van der Waals surface area contributed by atoms with Gasteiger partial charge in [-0.1, -0.05) is 64.1 Å². The number of para-hydroxylation sites is 1. The zero-order valence-corrected chi connectivity index (χ0v) is 17.5. The summed E-state index contributed by atoms with van der Waals surface area (Å²) in [5, 5.41) is 9.20. The SMILES string of the molecule is O=C(CSc1nnc(-c2ccc(F)cc2)n1-c1ccccc1)c1ccccc1Br. The molecule has 0 saturated carbocycles. The number of halogens is 2. The molecule has 1 heterocycles. The second-order valence-corrected chi connectivity index (χ2v) is 7.97. The Kier molecular flexibility index (Phi) is 5.87. The summed E-state index contributed by atoms with van der Waals surface area (Å²) in [7, 11) is 0. The van der Waals surface area contributed by atoms with Gasteiger partial charge in [0.1, 0.15) is 5.82 Å². The highest BCUT2D eigenvalue weighted by Gasteiger charge is 2.18. The van der Waals surface area contributed by atoms with Gasteiger partial charge >= 0.3 is 0 Å². The molecule has 4 aromatic rings. The van der Waals surface area contributed by atoms with Crippen LogP contribution in [0, 0.1) is 5.82 Å². The van der Waals surface area contributed by atoms with Crippen LogP contribution in [0.25, 0.3) is 17.1 Å². The molecule has 0 fully saturated rings. The molecule has 0 aliphatic carbocycles. The highest BCUT2D eigenvalue weighted by atomic mass is 79.9. The number of ketones is 1. The zero-order valence-electron chi connectivity index (χ0n) is 15.1. The molecule has 0 atom stereocenters. The van der Waals surface area contributed by atoms with Crippen molar-refractivity contribution in [2.75, 3.05) is 5.75 Å². The average molecular weight is 468 g/mol. The first-order valence-corrected chi connectivity index (χ1v) is 10.6. The maximum atomic E-state index is 13.3. The number of thioether (sulfide) groups is 1. The molecule has 4 nitrogen and oxygen atoms in total. The summed E-state index contributed by atoms with van der Waals surface area (Å²) >= 11 is 4.74. The van der Waals surface area contributed by atoms with E-state index in [1.165, 1.54) is 23.9 Å². The largest absolute Gasteiger partial charge is 0.293 e. The lowest BCUT2D eigenvalue weighted by atomic mass is 10.1. The van der Waals surface area contributed by atoms with Crippen LogP contribution in [0.4, 0.5) is 4.39 Å². The molecule has 0 N–H and O–H groups in total. The van der Waals surface area contributed by atoms with Gasteiger partial charge in [0.15, 0.2) is 16.8 Å². The topological polar surface area (TPSA) is 47.8 Å². The minimum Gasteiger partial charge on any atom is -0.293 e. The monoisotopic (exact) mass is 467 g/mol. The van der Waals surface area contributed by atoms with Crippen molar-refractivity contribution >= 4 is 33.5 Å². The number of hydrogen-bond acceptors (Lipinski definition) is 4. The second kappa shape index (κ2) is 8.71. The smallest absolute Gasteiger partial charge is 0.196 e. The molecule has 0 saturated heterocycles. The molecule has 0 unspecified atom stereocenters. The number of aromatic nitrogens is 3. The Balaban J connectivity index is 1.68. The molecule has 7 heteroatoms. The lowest BCUT2D eigenvalue weighted by Gasteiger charge is -2.10. The van der Waals surface area contributed by atoms with Crippen molar-refractivity contribution in [2.24, 2.45) is 0 Å². The zero-order chi connectivity index (χ0) is 20.2. The number of rotatable bonds is 6. The van der Waals surface area contributed by atoms with E-state index in [4.69, 9.17) is 0 Å². The van der Waals surface area contributed by atoms with Gasteiger partial charge in [0.2, 0.25) is 0 Å². The van der Waals surface area contributed by atoms with E-state index in [-0.39, 0.29) is 17.4 Å². The van der Waals surface area contributed by atoms with E-state index >= 15 is 0 Å². The fourth-order valence-electron chi connectivity index (χ4n) is 2.85. The van der Waals surface area contributed by atoms with Crippen LogP contribution in [0.3, 0.4) is 0 Å². The predicted molar refractivity (Wildman–Crippen MR) is 116 cm³/mol. The Morgan fingerprint density at radius 1 is 0.931 bits per heavy atom. The number of carbonyl (C=O) groups excluding carboxylic acids is 1. The third-order valence-corrected chi connectivity index (χ3v) is 5.88. The van der Waals surface area contributed by atoms with E-state index in [0.29, 0.717) is 16.5 Å². The number of hydrogen-bond donors (Lipinski definition) is 0. The Hall–Kier alpha value is -2.77. The molecule has 0 amide bonds. The first-order chi connectivity index (χ1) is 14.1. The van der Waals surface area contributed by atoms with E-state index in [9.17, 15) is 9.18 Å². The van der Waals surface area contributed by atoms with Crippen molar-refractivity contribution < 1.29 is 9.18 Å². The van der Waals surface area contributed by atoms with Gasteiger partial charge < -0.3 is 0 Å². The summed E-state index contributed by atoms with van der Waals surface area (Å²) in [6.45, 7) is 0. The number of carbonyl (C=O) groups is 1. The molecule has 3 aromatic carbocycles. The van der Waals surface area contributed by atoms with Crippen LogP contribution >= 0.6 is 27.7 Å². The summed E-state index contributed by atoms with van der Waals surface area (Å²) in [5.41, 5.74) is 2.24. The highest BCUT2D eigenvalue weighted by Crippen LogP contribution is 2.29. The van der Waals surface area contributed by atoms with E-state index in [0.717, 1.165) is 15.7 Å². The molecule has 144 valence electrons. The Morgan fingerprint density at radius 3 is 2.34 bits per heavy atom. The average Bonchev–Trinajstić information content (AvgIpc) is 3.17. The Morgan fingerprint density at radius 2 is 1.62 bits per heavy atom. The van der Waals surface area contributed by atoms with Gasteiger partial charge in [-0.05, 0) is 42.5 Å². The molecule has 4 rings (SSSR count). The second-order valence-electron chi connectivity index (χ2n) is 6.18. The standard InChI is InChI=1S/C22H15BrFN3OS/c23-19-9-5-4-8-18(19)20(28)14-29-22-26-25-21(15-10-12-16(24)13-11-15)27(22)17-6-2-1-3-7-17/h1-13H,14H2. The molecule has 0 radical (unpaired) electrons. The van der Waals surface area contributed by atoms with Gasteiger partial charge in [0.05, 0.1) is 5.75 Å². The van der Waals surface area contributed by atoms with Gasteiger partial charge in [-0.25, -0.2) is 4.39 Å². The van der Waals surface area contributed by atoms with Crippen LogP contribution in [0.2, 0.25) is 0 Å². The Labute approximate surface area is 179 Å². The summed E-state index contributed by atoms with van der Waals surface area (Å²) in [6.07, 6.45) is 0. The maximum absolute atomic E-state index is 13.3. The third kappa shape index (κ3) is 4.31. The van der Waals surface area contributed by atoms with Crippen LogP contribution in [0.5, 0.6) is 0 Å². The van der Waals surface area contributed by atoms with Crippen molar-refractivity contribution in [3.05, 3.63) is 94.7 Å². The minimum atomic E-state index is -0.312. The van der Waals surface area contributed by atoms with Crippen LogP contribution in [0.15, 0.2) is 88.5 Å². The first kappa shape index (κ1) is 19.5. The predicted octanol–water partition coefficient (Wildman–Crippen LogP) is 5.81. The number of Topliss-reactive ketones (excluding diaryl/α,β-unsaturated/α-hetero) is 1. The fourth-order valence-corrected chi connectivity index (χ4v) is 4.20. The van der Waals surface area contributed by atoms with E-state index in [1.54, 1.807) is 18.2 Å². The quantitative estimate of drug-likeness (QED) is 0.265. The third-order valence-electron chi connectivity index (χ3n) is 4.26. The Bertz CT molecular complexity index is 1150. The van der Waals surface area contributed by atoms with Crippen molar-refractivity contribution in [3.63, 3.8) is 0 Å². The van der Waals surface area contributed by atoms with Crippen molar-refractivity contribution in [1.29, 1.82) is 0 Å². The molecule has 0 spiro atoms. The van der Waals surface area contributed by atoms with Gasteiger partial charge in [0.25, 0.3) is 0 Å². The first-order valence-electron chi connectivity index (χ1n) is 8.81. The lowest BCUT2D eigenvalue weighted by Crippen LogP contribution is -2.05. The molecule has 0 aliphatic rings.